The standard InChI is InChI=1S/C24H31N3O4/c1-26(2)24(29)27-15-5-6-19(16-27)23(28)25-22(17-7-11-20(30-3)12-8-17)18-9-13-21(31-4)14-10-18/h7-14,19,22H,5-6,15-16H2,1-4H3,(H,25,28)/t19-/m1/s1. The second-order valence-corrected chi connectivity index (χ2v) is 7.95. The maximum absolute atomic E-state index is 13.2. The largest absolute Gasteiger partial charge is 0.497 e. The smallest absolute Gasteiger partial charge is 0.319 e. The molecule has 1 atom stereocenters. The van der Waals surface area contributed by atoms with Gasteiger partial charge in [0.25, 0.3) is 0 Å². The summed E-state index contributed by atoms with van der Waals surface area (Å²) in [5.74, 6) is 1.23. The molecule has 1 fully saturated rings. The molecule has 2 aromatic carbocycles. The van der Waals surface area contributed by atoms with E-state index in [1.165, 1.54) is 0 Å². The van der Waals surface area contributed by atoms with Crippen LogP contribution in [-0.4, -0.2) is 63.1 Å². The van der Waals surface area contributed by atoms with Crippen LogP contribution in [0.25, 0.3) is 0 Å². The fourth-order valence-corrected chi connectivity index (χ4v) is 3.86. The molecule has 2 aromatic rings. The number of nitrogens with zero attached hydrogens (tertiary/aromatic N) is 2. The molecular formula is C24H31N3O4. The Labute approximate surface area is 183 Å². The lowest BCUT2D eigenvalue weighted by molar-refractivity contribution is -0.126. The first kappa shape index (κ1) is 22.5. The molecule has 7 heteroatoms. The summed E-state index contributed by atoms with van der Waals surface area (Å²) in [7, 11) is 6.72. The minimum Gasteiger partial charge on any atom is -0.497 e. The molecule has 1 N–H and O–H groups in total. The van der Waals surface area contributed by atoms with E-state index in [9.17, 15) is 9.59 Å². The number of hydrogen-bond donors (Lipinski definition) is 1. The van der Waals surface area contributed by atoms with E-state index in [1.807, 2.05) is 48.5 Å². The Hall–Kier alpha value is -3.22. The van der Waals surface area contributed by atoms with Gasteiger partial charge in [-0.3, -0.25) is 4.79 Å². The number of piperidine rings is 1. The Balaban J connectivity index is 1.81. The summed E-state index contributed by atoms with van der Waals surface area (Å²) >= 11 is 0. The van der Waals surface area contributed by atoms with E-state index in [4.69, 9.17) is 9.47 Å². The van der Waals surface area contributed by atoms with Gasteiger partial charge in [0.2, 0.25) is 5.91 Å². The lowest BCUT2D eigenvalue weighted by atomic mass is 9.94. The van der Waals surface area contributed by atoms with Gasteiger partial charge in [-0.05, 0) is 48.2 Å². The molecule has 0 spiro atoms. The Morgan fingerprint density at radius 2 is 1.48 bits per heavy atom. The van der Waals surface area contributed by atoms with E-state index < -0.39 is 0 Å². The third kappa shape index (κ3) is 5.48. The first-order chi connectivity index (χ1) is 14.9. The summed E-state index contributed by atoms with van der Waals surface area (Å²) in [4.78, 5) is 28.9. The number of benzene rings is 2. The molecule has 31 heavy (non-hydrogen) atoms. The van der Waals surface area contributed by atoms with E-state index in [0.29, 0.717) is 13.1 Å². The third-order valence-electron chi connectivity index (χ3n) is 5.63. The van der Waals surface area contributed by atoms with Gasteiger partial charge < -0.3 is 24.6 Å². The number of urea groups is 1. The lowest BCUT2D eigenvalue weighted by Gasteiger charge is -2.34. The zero-order chi connectivity index (χ0) is 22.4. The molecule has 1 aliphatic rings. The van der Waals surface area contributed by atoms with Crippen molar-refractivity contribution in [1.82, 2.24) is 15.1 Å². The fourth-order valence-electron chi connectivity index (χ4n) is 3.86. The average Bonchev–Trinajstić information content (AvgIpc) is 2.82. The molecular weight excluding hydrogens is 394 g/mol. The SMILES string of the molecule is COc1ccc(C(NC(=O)[C@@H]2CCCN(C(=O)N(C)C)C2)c2ccc(OC)cc2)cc1. The van der Waals surface area contributed by atoms with Crippen molar-refractivity contribution in [3.63, 3.8) is 0 Å². The molecule has 0 unspecified atom stereocenters. The van der Waals surface area contributed by atoms with E-state index in [-0.39, 0.29) is 23.9 Å². The van der Waals surface area contributed by atoms with Crippen LogP contribution in [0.4, 0.5) is 4.79 Å². The van der Waals surface area contributed by atoms with Crippen LogP contribution in [0, 0.1) is 5.92 Å². The number of nitrogens with one attached hydrogen (secondary N) is 1. The van der Waals surface area contributed by atoms with Crippen molar-refractivity contribution >= 4 is 11.9 Å². The van der Waals surface area contributed by atoms with Gasteiger partial charge >= 0.3 is 6.03 Å². The van der Waals surface area contributed by atoms with Crippen molar-refractivity contribution < 1.29 is 19.1 Å². The van der Waals surface area contributed by atoms with Crippen molar-refractivity contribution in [3.05, 3.63) is 59.7 Å². The highest BCUT2D eigenvalue weighted by Gasteiger charge is 2.30. The number of amides is 3. The number of ether oxygens (including phenoxy) is 2. The monoisotopic (exact) mass is 425 g/mol. The first-order valence-corrected chi connectivity index (χ1v) is 10.5. The van der Waals surface area contributed by atoms with Gasteiger partial charge in [0, 0.05) is 27.2 Å². The Kier molecular flexibility index (Phi) is 7.39. The number of hydrogen-bond acceptors (Lipinski definition) is 4. The highest BCUT2D eigenvalue weighted by molar-refractivity contribution is 5.81. The predicted octanol–water partition coefficient (Wildman–Crippen LogP) is 3.30. The molecule has 3 rings (SSSR count). The van der Waals surface area contributed by atoms with Gasteiger partial charge in [0.15, 0.2) is 0 Å². The Morgan fingerprint density at radius 1 is 0.968 bits per heavy atom. The summed E-state index contributed by atoms with van der Waals surface area (Å²) in [6, 6.07) is 15.0. The molecule has 7 nitrogen and oxygen atoms in total. The van der Waals surface area contributed by atoms with Crippen LogP contribution in [0.1, 0.15) is 30.0 Å². The van der Waals surface area contributed by atoms with Crippen molar-refractivity contribution in [2.45, 2.75) is 18.9 Å². The molecule has 0 saturated carbocycles. The van der Waals surface area contributed by atoms with Crippen LogP contribution in [0.15, 0.2) is 48.5 Å². The molecule has 166 valence electrons. The maximum Gasteiger partial charge on any atom is 0.319 e. The number of methoxy groups -OCH3 is 2. The number of carbonyl (C=O) groups is 2. The van der Waals surface area contributed by atoms with E-state index in [1.54, 1.807) is 38.1 Å². The predicted molar refractivity (Wildman–Crippen MR) is 119 cm³/mol. The van der Waals surface area contributed by atoms with Gasteiger partial charge in [-0.2, -0.15) is 0 Å². The average molecular weight is 426 g/mol. The van der Waals surface area contributed by atoms with E-state index in [0.717, 1.165) is 35.5 Å². The minimum absolute atomic E-state index is 0.0482. The summed E-state index contributed by atoms with van der Waals surface area (Å²) in [6.07, 6.45) is 1.58. The van der Waals surface area contributed by atoms with Crippen LogP contribution >= 0.6 is 0 Å². The topological polar surface area (TPSA) is 71.1 Å². The Bertz CT molecular complexity index is 833. The molecule has 1 aliphatic heterocycles. The van der Waals surface area contributed by atoms with Crippen molar-refractivity contribution in [2.24, 2.45) is 5.92 Å². The van der Waals surface area contributed by atoms with Crippen LogP contribution in [0.2, 0.25) is 0 Å². The van der Waals surface area contributed by atoms with Gasteiger partial charge in [-0.1, -0.05) is 24.3 Å². The second kappa shape index (κ2) is 10.2. The zero-order valence-electron chi connectivity index (χ0n) is 18.6. The van der Waals surface area contributed by atoms with Crippen LogP contribution in [-0.2, 0) is 4.79 Å². The number of likely N-dealkylation sites (tertiary alicyclic amines) is 1. The van der Waals surface area contributed by atoms with Gasteiger partial charge in [-0.25, -0.2) is 4.79 Å². The van der Waals surface area contributed by atoms with Crippen LogP contribution in [0.5, 0.6) is 11.5 Å². The molecule has 1 saturated heterocycles. The summed E-state index contributed by atoms with van der Waals surface area (Å²) in [6.45, 7) is 1.11. The van der Waals surface area contributed by atoms with Crippen LogP contribution < -0.4 is 14.8 Å². The normalized spacial score (nSPS) is 16.0. The van der Waals surface area contributed by atoms with E-state index in [2.05, 4.69) is 5.32 Å². The second-order valence-electron chi connectivity index (χ2n) is 7.95. The molecule has 0 aromatic heterocycles. The van der Waals surface area contributed by atoms with Gasteiger partial charge in [0.05, 0.1) is 26.2 Å². The highest BCUT2D eigenvalue weighted by Crippen LogP contribution is 2.27. The summed E-state index contributed by atoms with van der Waals surface area (Å²) < 4.78 is 10.5. The highest BCUT2D eigenvalue weighted by atomic mass is 16.5. The first-order valence-electron chi connectivity index (χ1n) is 10.5. The van der Waals surface area contributed by atoms with E-state index >= 15 is 0 Å². The Morgan fingerprint density at radius 3 is 1.94 bits per heavy atom. The zero-order valence-corrected chi connectivity index (χ0v) is 18.6. The minimum atomic E-state index is -0.316. The van der Waals surface area contributed by atoms with Crippen molar-refractivity contribution in [1.29, 1.82) is 0 Å². The summed E-state index contributed by atoms with van der Waals surface area (Å²) in [5, 5.41) is 3.21. The number of carbonyl (C=O) groups excluding carboxylic acids is 2. The lowest BCUT2D eigenvalue weighted by Crippen LogP contribution is -2.49. The van der Waals surface area contributed by atoms with Crippen molar-refractivity contribution in [2.75, 3.05) is 41.4 Å². The van der Waals surface area contributed by atoms with Crippen LogP contribution in [0.3, 0.4) is 0 Å². The quantitative estimate of drug-likeness (QED) is 0.771. The maximum atomic E-state index is 13.2. The van der Waals surface area contributed by atoms with Gasteiger partial charge in [0.1, 0.15) is 11.5 Å². The summed E-state index contributed by atoms with van der Waals surface area (Å²) in [5.41, 5.74) is 1.91. The molecule has 0 aliphatic carbocycles. The van der Waals surface area contributed by atoms with Gasteiger partial charge in [-0.15, -0.1) is 0 Å². The molecule has 1 heterocycles. The van der Waals surface area contributed by atoms with Crippen molar-refractivity contribution in [3.8, 4) is 11.5 Å². The number of rotatable bonds is 6. The molecule has 0 bridgehead atoms. The molecule has 3 amide bonds. The third-order valence-corrected chi connectivity index (χ3v) is 5.63. The molecule has 0 radical (unpaired) electrons. The fraction of sp³-hybridized carbons (Fsp3) is 0.417.